The maximum absolute atomic E-state index is 7.68. The first-order valence-electron chi connectivity index (χ1n) is 5.52. The molecular weight excluding hydrogens is 285 g/mol. The number of rotatable bonds is 2. The number of fused-ring (bicyclic) bond motifs is 1. The minimum atomic E-state index is 0.179. The first-order chi connectivity index (χ1) is 9.15. The molecule has 96 valence electrons. The lowest BCUT2D eigenvalue weighted by molar-refractivity contribution is 0.784. The second-order valence-corrected chi connectivity index (χ2v) is 4.89. The van der Waals surface area contributed by atoms with Crippen molar-refractivity contribution in [1.29, 1.82) is 5.41 Å². The van der Waals surface area contributed by atoms with Crippen LogP contribution in [0.3, 0.4) is 0 Å². The third-order valence-corrected chi connectivity index (χ3v) is 3.53. The maximum atomic E-state index is 7.68. The van der Waals surface area contributed by atoms with Crippen LogP contribution in [0.4, 0.5) is 0 Å². The van der Waals surface area contributed by atoms with Gasteiger partial charge >= 0.3 is 0 Å². The summed E-state index contributed by atoms with van der Waals surface area (Å²) in [5.41, 5.74) is 2.47. The monoisotopic (exact) mass is 293 g/mol. The molecule has 2 heterocycles. The second kappa shape index (κ2) is 4.68. The van der Waals surface area contributed by atoms with Crippen molar-refractivity contribution in [3.8, 4) is 0 Å². The van der Waals surface area contributed by atoms with E-state index in [4.69, 9.17) is 28.6 Å². The SMILES string of the molecule is N=c1ncn(Cc2ccc(Cl)c(Cl)c2)c2nc[nH]c12. The number of aromatic nitrogens is 4. The number of hydrogen-bond acceptors (Lipinski definition) is 3. The largest absolute Gasteiger partial charge is 0.340 e. The Hall–Kier alpha value is -1.85. The second-order valence-electron chi connectivity index (χ2n) is 4.07. The van der Waals surface area contributed by atoms with E-state index in [0.29, 0.717) is 27.8 Å². The topological polar surface area (TPSA) is 70.3 Å². The highest BCUT2D eigenvalue weighted by Crippen LogP contribution is 2.23. The Labute approximate surface area is 118 Å². The number of imidazole rings is 1. The number of hydrogen-bond donors (Lipinski definition) is 2. The van der Waals surface area contributed by atoms with Crippen molar-refractivity contribution in [1.82, 2.24) is 19.5 Å². The zero-order chi connectivity index (χ0) is 13.4. The van der Waals surface area contributed by atoms with Crippen LogP contribution in [0.25, 0.3) is 11.2 Å². The number of halogens is 2. The highest BCUT2D eigenvalue weighted by molar-refractivity contribution is 6.42. The van der Waals surface area contributed by atoms with Crippen LogP contribution in [0.5, 0.6) is 0 Å². The van der Waals surface area contributed by atoms with Crippen LogP contribution in [-0.2, 0) is 6.54 Å². The van der Waals surface area contributed by atoms with E-state index in [1.165, 1.54) is 0 Å². The van der Waals surface area contributed by atoms with E-state index in [2.05, 4.69) is 15.0 Å². The maximum Gasteiger partial charge on any atom is 0.173 e. The summed E-state index contributed by atoms with van der Waals surface area (Å²) >= 11 is 11.9. The summed E-state index contributed by atoms with van der Waals surface area (Å²) in [5.74, 6) is 0. The molecule has 0 fully saturated rings. The molecule has 0 aliphatic carbocycles. The van der Waals surface area contributed by atoms with Gasteiger partial charge in [-0.25, -0.2) is 9.97 Å². The predicted molar refractivity (Wildman–Crippen MR) is 73.3 cm³/mol. The van der Waals surface area contributed by atoms with Gasteiger partial charge in [-0.15, -0.1) is 0 Å². The van der Waals surface area contributed by atoms with Crippen LogP contribution in [-0.4, -0.2) is 19.5 Å². The van der Waals surface area contributed by atoms with Crippen molar-refractivity contribution >= 4 is 34.4 Å². The highest BCUT2D eigenvalue weighted by Gasteiger charge is 2.06. The molecule has 5 nitrogen and oxygen atoms in total. The lowest BCUT2D eigenvalue weighted by atomic mass is 10.2. The van der Waals surface area contributed by atoms with Gasteiger partial charge in [0.15, 0.2) is 11.1 Å². The third-order valence-electron chi connectivity index (χ3n) is 2.79. The number of aromatic amines is 1. The zero-order valence-corrected chi connectivity index (χ0v) is 11.2. The molecule has 0 saturated heterocycles. The van der Waals surface area contributed by atoms with E-state index in [1.54, 1.807) is 18.7 Å². The van der Waals surface area contributed by atoms with Crippen molar-refractivity contribution in [3.63, 3.8) is 0 Å². The molecule has 0 unspecified atom stereocenters. The number of H-pyrrole nitrogens is 1. The van der Waals surface area contributed by atoms with Crippen molar-refractivity contribution in [3.05, 3.63) is 52.0 Å². The summed E-state index contributed by atoms with van der Waals surface area (Å²) in [7, 11) is 0. The molecule has 2 N–H and O–H groups in total. The molecule has 3 aromatic rings. The molecule has 0 spiro atoms. The van der Waals surface area contributed by atoms with Crippen molar-refractivity contribution < 1.29 is 0 Å². The van der Waals surface area contributed by atoms with Crippen molar-refractivity contribution in [2.75, 3.05) is 0 Å². The molecule has 7 heteroatoms. The Balaban J connectivity index is 2.06. The summed E-state index contributed by atoms with van der Waals surface area (Å²) in [4.78, 5) is 11.1. The zero-order valence-electron chi connectivity index (χ0n) is 9.69. The van der Waals surface area contributed by atoms with Crippen LogP contribution in [0.1, 0.15) is 5.56 Å². The van der Waals surface area contributed by atoms with E-state index in [9.17, 15) is 0 Å². The molecule has 0 amide bonds. The lowest BCUT2D eigenvalue weighted by Gasteiger charge is -2.08. The number of benzene rings is 1. The van der Waals surface area contributed by atoms with Crippen molar-refractivity contribution in [2.45, 2.75) is 6.54 Å². The Morgan fingerprint density at radius 3 is 2.84 bits per heavy atom. The molecule has 0 radical (unpaired) electrons. The van der Waals surface area contributed by atoms with E-state index in [-0.39, 0.29) is 5.49 Å². The minimum absolute atomic E-state index is 0.179. The minimum Gasteiger partial charge on any atom is -0.340 e. The third kappa shape index (κ3) is 2.22. The van der Waals surface area contributed by atoms with E-state index < -0.39 is 0 Å². The van der Waals surface area contributed by atoms with Crippen LogP contribution in [0, 0.1) is 5.41 Å². The first kappa shape index (κ1) is 12.2. The quantitative estimate of drug-likeness (QED) is 0.762. The van der Waals surface area contributed by atoms with Gasteiger partial charge in [0, 0.05) is 0 Å². The van der Waals surface area contributed by atoms with Gasteiger partial charge in [-0.05, 0) is 17.7 Å². The van der Waals surface area contributed by atoms with Gasteiger partial charge in [0.05, 0.1) is 29.2 Å². The normalized spacial score (nSPS) is 11.1. The Morgan fingerprint density at radius 2 is 2.05 bits per heavy atom. The Bertz CT molecular complexity index is 805. The van der Waals surface area contributed by atoms with Crippen LogP contribution < -0.4 is 5.49 Å². The fraction of sp³-hybridized carbons (Fsp3) is 0.0833. The van der Waals surface area contributed by atoms with Gasteiger partial charge in [0.2, 0.25) is 0 Å². The van der Waals surface area contributed by atoms with E-state index in [0.717, 1.165) is 5.56 Å². The van der Waals surface area contributed by atoms with Crippen molar-refractivity contribution in [2.24, 2.45) is 0 Å². The molecule has 0 aliphatic rings. The Morgan fingerprint density at radius 1 is 1.21 bits per heavy atom. The fourth-order valence-corrected chi connectivity index (χ4v) is 2.20. The molecule has 0 bridgehead atoms. The van der Waals surface area contributed by atoms with Gasteiger partial charge in [0.25, 0.3) is 0 Å². The molecule has 0 aliphatic heterocycles. The standard InChI is InChI=1S/C12H9Cl2N5/c13-8-2-1-7(3-9(8)14)4-19-6-18-11(15)10-12(19)17-5-16-10/h1-3,5-6,15H,4H2,(H,16,17). The van der Waals surface area contributed by atoms with Crippen LogP contribution in [0.2, 0.25) is 10.0 Å². The van der Waals surface area contributed by atoms with Gasteiger partial charge < -0.3 is 9.55 Å². The van der Waals surface area contributed by atoms with Gasteiger partial charge in [-0.2, -0.15) is 0 Å². The molecule has 19 heavy (non-hydrogen) atoms. The summed E-state index contributed by atoms with van der Waals surface area (Å²) < 4.78 is 1.85. The highest BCUT2D eigenvalue weighted by atomic mass is 35.5. The average molecular weight is 294 g/mol. The summed E-state index contributed by atoms with van der Waals surface area (Å²) in [5, 5.41) is 8.73. The van der Waals surface area contributed by atoms with Gasteiger partial charge in [0.1, 0.15) is 5.52 Å². The van der Waals surface area contributed by atoms with Gasteiger partial charge in [-0.3, -0.25) is 5.41 Å². The smallest absolute Gasteiger partial charge is 0.173 e. The molecule has 3 rings (SSSR count). The van der Waals surface area contributed by atoms with E-state index >= 15 is 0 Å². The summed E-state index contributed by atoms with van der Waals surface area (Å²) in [6.45, 7) is 0.561. The number of nitrogens with one attached hydrogen (secondary N) is 2. The predicted octanol–water partition coefficient (Wildman–Crippen LogP) is 2.59. The molecule has 0 atom stereocenters. The molecular formula is C12H9Cl2N5. The van der Waals surface area contributed by atoms with Crippen LogP contribution in [0.15, 0.2) is 30.9 Å². The molecule has 2 aromatic heterocycles. The summed E-state index contributed by atoms with van der Waals surface area (Å²) in [6, 6.07) is 5.46. The molecule has 0 saturated carbocycles. The lowest BCUT2D eigenvalue weighted by Crippen LogP contribution is -2.13. The average Bonchev–Trinajstić information content (AvgIpc) is 2.87. The molecule has 1 aromatic carbocycles. The van der Waals surface area contributed by atoms with Crippen LogP contribution >= 0.6 is 23.2 Å². The van der Waals surface area contributed by atoms with E-state index in [1.807, 2.05) is 16.7 Å². The number of nitrogens with zero attached hydrogens (tertiary/aromatic N) is 3. The first-order valence-corrected chi connectivity index (χ1v) is 6.28. The fourth-order valence-electron chi connectivity index (χ4n) is 1.88. The van der Waals surface area contributed by atoms with Gasteiger partial charge in [-0.1, -0.05) is 29.3 Å². The Kier molecular flexibility index (Phi) is 3.00. The summed E-state index contributed by atoms with van der Waals surface area (Å²) in [6.07, 6.45) is 3.14.